The van der Waals surface area contributed by atoms with E-state index in [0.717, 1.165) is 12.8 Å². The highest BCUT2D eigenvalue weighted by molar-refractivity contribution is 6.08. The molecule has 0 unspecified atom stereocenters. The lowest BCUT2D eigenvalue weighted by molar-refractivity contribution is -0.151. The second-order valence-corrected chi connectivity index (χ2v) is 6.11. The van der Waals surface area contributed by atoms with Gasteiger partial charge in [0.1, 0.15) is 5.54 Å². The lowest BCUT2D eigenvalue weighted by Gasteiger charge is -2.25. The summed E-state index contributed by atoms with van der Waals surface area (Å²) >= 11 is 0. The van der Waals surface area contributed by atoms with Gasteiger partial charge in [-0.15, -0.1) is 0 Å². The predicted octanol–water partition coefficient (Wildman–Crippen LogP) is 0.828. The van der Waals surface area contributed by atoms with Crippen LogP contribution < -0.4 is 10.7 Å². The molecule has 0 radical (unpaired) electrons. The number of esters is 1. The molecule has 1 aliphatic heterocycles. The molecule has 8 nitrogen and oxygen atoms in total. The number of hydrogen-bond donors (Lipinski definition) is 2. The third kappa shape index (κ3) is 3.19. The minimum atomic E-state index is -1.23. The normalized spacial score (nSPS) is 22.5. The second kappa shape index (κ2) is 6.54. The first kappa shape index (κ1) is 16.9. The average Bonchev–Trinajstić information content (AvgIpc) is 3.44. The number of nitrogens with one attached hydrogen (secondary N) is 2. The highest BCUT2D eigenvalue weighted by atomic mass is 16.5. The van der Waals surface area contributed by atoms with E-state index in [-0.39, 0.29) is 5.92 Å². The number of carbonyl (C=O) groups is 4. The number of hydrogen-bond acceptors (Lipinski definition) is 5. The maximum absolute atomic E-state index is 12.8. The largest absolute Gasteiger partial charge is 0.455 e. The van der Waals surface area contributed by atoms with E-state index in [1.807, 2.05) is 6.07 Å². The SMILES string of the molecule is CC[C@]1(c2ccccc2)NC(=O)N(NC(=O)COC(=O)C2CC2)C1=O. The van der Waals surface area contributed by atoms with Crippen LogP contribution in [-0.2, 0) is 24.7 Å². The maximum atomic E-state index is 12.8. The van der Waals surface area contributed by atoms with Crippen LogP contribution in [0, 0.1) is 5.92 Å². The van der Waals surface area contributed by atoms with Crippen molar-refractivity contribution in [2.45, 2.75) is 31.7 Å². The Labute approximate surface area is 144 Å². The van der Waals surface area contributed by atoms with Gasteiger partial charge in [-0.1, -0.05) is 37.3 Å². The first-order chi connectivity index (χ1) is 12.0. The first-order valence-electron chi connectivity index (χ1n) is 8.16. The Morgan fingerprint density at radius 3 is 2.56 bits per heavy atom. The molecule has 1 heterocycles. The molecule has 1 saturated carbocycles. The number of nitrogens with zero attached hydrogens (tertiary/aromatic N) is 1. The summed E-state index contributed by atoms with van der Waals surface area (Å²) in [5, 5.41) is 3.29. The number of benzene rings is 1. The van der Waals surface area contributed by atoms with Gasteiger partial charge in [0.05, 0.1) is 5.92 Å². The molecule has 25 heavy (non-hydrogen) atoms. The van der Waals surface area contributed by atoms with Crippen LogP contribution in [0.15, 0.2) is 30.3 Å². The molecule has 3 rings (SSSR count). The summed E-state index contributed by atoms with van der Waals surface area (Å²) in [7, 11) is 0. The lowest BCUT2D eigenvalue weighted by atomic mass is 9.87. The summed E-state index contributed by atoms with van der Waals surface area (Å²) in [6, 6.07) is 8.10. The molecule has 8 heteroatoms. The van der Waals surface area contributed by atoms with Crippen LogP contribution in [0.2, 0.25) is 0 Å². The van der Waals surface area contributed by atoms with Crippen molar-refractivity contribution in [3.8, 4) is 0 Å². The van der Waals surface area contributed by atoms with Crippen LogP contribution in [0.25, 0.3) is 0 Å². The summed E-state index contributed by atoms with van der Waals surface area (Å²) in [5.41, 5.74) is 1.61. The van der Waals surface area contributed by atoms with Crippen LogP contribution >= 0.6 is 0 Å². The fourth-order valence-electron chi connectivity index (χ4n) is 2.77. The predicted molar refractivity (Wildman–Crippen MR) is 85.6 cm³/mol. The van der Waals surface area contributed by atoms with Crippen LogP contribution in [-0.4, -0.2) is 35.4 Å². The molecule has 1 aromatic rings. The number of imide groups is 1. The zero-order valence-electron chi connectivity index (χ0n) is 13.8. The van der Waals surface area contributed by atoms with Crippen LogP contribution in [0.4, 0.5) is 4.79 Å². The van der Waals surface area contributed by atoms with E-state index in [2.05, 4.69) is 10.7 Å². The molecule has 2 fully saturated rings. The van der Waals surface area contributed by atoms with E-state index < -0.39 is 36.0 Å². The summed E-state index contributed by atoms with van der Waals surface area (Å²) < 4.78 is 4.85. The monoisotopic (exact) mass is 345 g/mol. The molecular formula is C17H19N3O5. The summed E-state index contributed by atoms with van der Waals surface area (Å²) in [5.74, 6) is -1.87. The molecule has 4 amide bonds. The number of ether oxygens (including phenoxy) is 1. The van der Waals surface area contributed by atoms with E-state index in [1.54, 1.807) is 31.2 Å². The van der Waals surface area contributed by atoms with Crippen molar-refractivity contribution in [2.24, 2.45) is 5.92 Å². The number of carbonyl (C=O) groups excluding carboxylic acids is 4. The Kier molecular flexibility index (Phi) is 4.43. The van der Waals surface area contributed by atoms with Crippen molar-refractivity contribution < 1.29 is 23.9 Å². The van der Waals surface area contributed by atoms with Crippen LogP contribution in [0.3, 0.4) is 0 Å². The molecule has 1 atom stereocenters. The Hall–Kier alpha value is -2.90. The molecular weight excluding hydrogens is 326 g/mol. The van der Waals surface area contributed by atoms with Gasteiger partial charge in [-0.2, -0.15) is 5.01 Å². The summed E-state index contributed by atoms with van der Waals surface area (Å²) in [6.07, 6.45) is 1.86. The van der Waals surface area contributed by atoms with E-state index in [4.69, 9.17) is 4.74 Å². The highest BCUT2D eigenvalue weighted by Crippen LogP contribution is 2.31. The smallest absolute Gasteiger partial charge is 0.344 e. The number of amides is 4. The van der Waals surface area contributed by atoms with Gasteiger partial charge in [-0.25, -0.2) is 4.79 Å². The molecule has 132 valence electrons. The number of hydrazine groups is 1. The van der Waals surface area contributed by atoms with Gasteiger partial charge < -0.3 is 10.1 Å². The molecule has 1 aliphatic carbocycles. The molecule has 0 bridgehead atoms. The Morgan fingerprint density at radius 2 is 1.96 bits per heavy atom. The fourth-order valence-corrected chi connectivity index (χ4v) is 2.77. The summed E-state index contributed by atoms with van der Waals surface area (Å²) in [4.78, 5) is 48.3. The molecule has 0 aromatic heterocycles. The van der Waals surface area contributed by atoms with E-state index in [0.29, 0.717) is 17.0 Å². The maximum Gasteiger partial charge on any atom is 0.344 e. The minimum absolute atomic E-state index is 0.129. The van der Waals surface area contributed by atoms with Crippen molar-refractivity contribution in [1.29, 1.82) is 0 Å². The first-order valence-corrected chi connectivity index (χ1v) is 8.16. The highest BCUT2D eigenvalue weighted by Gasteiger charge is 2.52. The van der Waals surface area contributed by atoms with Gasteiger partial charge in [-0.05, 0) is 24.8 Å². The lowest BCUT2D eigenvalue weighted by Crippen LogP contribution is -2.49. The average molecular weight is 345 g/mol. The van der Waals surface area contributed by atoms with Gasteiger partial charge >= 0.3 is 12.0 Å². The van der Waals surface area contributed by atoms with Crippen molar-refractivity contribution in [1.82, 2.24) is 15.8 Å². The fraction of sp³-hybridized carbons (Fsp3) is 0.412. The van der Waals surface area contributed by atoms with E-state index >= 15 is 0 Å². The van der Waals surface area contributed by atoms with Crippen molar-refractivity contribution >= 4 is 23.8 Å². The topological polar surface area (TPSA) is 105 Å². The Bertz CT molecular complexity index is 716. The third-order valence-electron chi connectivity index (χ3n) is 4.38. The van der Waals surface area contributed by atoms with Crippen molar-refractivity contribution in [3.63, 3.8) is 0 Å². The van der Waals surface area contributed by atoms with Gasteiger partial charge in [0.2, 0.25) is 0 Å². The minimum Gasteiger partial charge on any atom is -0.455 e. The van der Waals surface area contributed by atoms with E-state index in [9.17, 15) is 19.2 Å². The molecule has 1 saturated heterocycles. The summed E-state index contributed by atoms with van der Waals surface area (Å²) in [6.45, 7) is 1.24. The van der Waals surface area contributed by atoms with Gasteiger partial charge in [0.25, 0.3) is 11.8 Å². The number of urea groups is 1. The quantitative estimate of drug-likeness (QED) is 0.587. The molecule has 0 spiro atoms. The Morgan fingerprint density at radius 1 is 1.28 bits per heavy atom. The van der Waals surface area contributed by atoms with Crippen LogP contribution in [0.5, 0.6) is 0 Å². The van der Waals surface area contributed by atoms with Gasteiger partial charge in [0.15, 0.2) is 6.61 Å². The molecule has 2 aliphatic rings. The van der Waals surface area contributed by atoms with Crippen LogP contribution in [0.1, 0.15) is 31.7 Å². The van der Waals surface area contributed by atoms with E-state index in [1.165, 1.54) is 0 Å². The van der Waals surface area contributed by atoms with Crippen molar-refractivity contribution in [2.75, 3.05) is 6.61 Å². The molecule has 2 N–H and O–H groups in total. The Balaban J connectivity index is 1.68. The van der Waals surface area contributed by atoms with Gasteiger partial charge in [0, 0.05) is 0 Å². The zero-order valence-corrected chi connectivity index (χ0v) is 13.8. The zero-order chi connectivity index (χ0) is 18.0. The van der Waals surface area contributed by atoms with Gasteiger partial charge in [-0.3, -0.25) is 19.8 Å². The molecule has 1 aromatic carbocycles. The standard InChI is InChI=1S/C17H19N3O5/c1-2-17(12-6-4-3-5-7-12)15(23)20(16(24)18-17)19-13(21)10-25-14(22)11-8-9-11/h3-7,11H,2,8-10H2,1H3,(H,18,24)(H,19,21)/t17-/m1/s1. The number of rotatable bonds is 6. The van der Waals surface area contributed by atoms with Crippen molar-refractivity contribution in [3.05, 3.63) is 35.9 Å². The third-order valence-corrected chi connectivity index (χ3v) is 4.38. The second-order valence-electron chi connectivity index (χ2n) is 6.11.